The highest BCUT2D eigenvalue weighted by Crippen LogP contribution is 2.23. The molecule has 4 heteroatoms. The molecular weight excluding hydrogens is 242 g/mol. The Morgan fingerprint density at radius 2 is 2.00 bits per heavy atom. The predicted octanol–water partition coefficient (Wildman–Crippen LogP) is 3.00. The monoisotopic (exact) mass is 250 g/mol. The number of phenols is 1. The maximum absolute atomic E-state index is 12.8. The summed E-state index contributed by atoms with van der Waals surface area (Å²) in [5, 5.41) is 9.93. The van der Waals surface area contributed by atoms with Gasteiger partial charge >= 0.3 is 0 Å². The highest BCUT2D eigenvalue weighted by Gasteiger charge is 2.08. The van der Waals surface area contributed by atoms with Gasteiger partial charge in [0.05, 0.1) is 0 Å². The molecule has 0 aliphatic rings. The molecule has 13 heavy (non-hydrogen) atoms. The van der Waals surface area contributed by atoms with Gasteiger partial charge in [-0.25, -0.2) is 8.78 Å². The van der Waals surface area contributed by atoms with E-state index < -0.39 is 17.4 Å². The molecule has 1 nitrogen and oxygen atoms in total. The average Bonchev–Trinajstić information content (AvgIpc) is 2.09. The fourth-order valence-corrected chi connectivity index (χ4v) is 1.35. The van der Waals surface area contributed by atoms with E-state index in [4.69, 9.17) is 0 Å². The van der Waals surface area contributed by atoms with Crippen molar-refractivity contribution >= 4 is 15.9 Å². The number of hydrogen-bond donors (Lipinski definition) is 1. The molecule has 0 bridgehead atoms. The summed E-state index contributed by atoms with van der Waals surface area (Å²) in [5.74, 6) is -1.99. The summed E-state index contributed by atoms with van der Waals surface area (Å²) in [4.78, 5) is 0. The quantitative estimate of drug-likeness (QED) is 0.818. The normalized spacial score (nSPS) is 10.4. The van der Waals surface area contributed by atoms with Crippen LogP contribution in [0, 0.1) is 11.6 Å². The molecule has 72 valence electrons. The van der Waals surface area contributed by atoms with Crippen LogP contribution in [-0.2, 0) is 6.42 Å². The third-order valence-electron chi connectivity index (χ3n) is 1.69. The molecule has 1 aromatic carbocycles. The predicted molar refractivity (Wildman–Crippen MR) is 50.1 cm³/mol. The van der Waals surface area contributed by atoms with Crippen LogP contribution in [0.4, 0.5) is 8.78 Å². The minimum absolute atomic E-state index is 0.317. The summed E-state index contributed by atoms with van der Waals surface area (Å²) in [6.45, 7) is 0. The highest BCUT2D eigenvalue weighted by molar-refractivity contribution is 9.09. The van der Waals surface area contributed by atoms with Crippen molar-refractivity contribution in [3.05, 3.63) is 29.3 Å². The second-order valence-corrected chi connectivity index (χ2v) is 3.48. The number of benzene rings is 1. The lowest BCUT2D eigenvalue weighted by Gasteiger charge is -2.04. The number of rotatable bonds is 3. The summed E-state index contributed by atoms with van der Waals surface area (Å²) in [5.41, 5.74) is 0.317. The molecule has 0 heterocycles. The average molecular weight is 251 g/mol. The van der Waals surface area contributed by atoms with Gasteiger partial charge in [-0.1, -0.05) is 15.9 Å². The van der Waals surface area contributed by atoms with Crippen LogP contribution < -0.4 is 0 Å². The van der Waals surface area contributed by atoms with Gasteiger partial charge in [0, 0.05) is 11.4 Å². The largest absolute Gasteiger partial charge is 0.505 e. The van der Waals surface area contributed by atoms with E-state index in [0.717, 1.165) is 17.8 Å². The smallest absolute Gasteiger partial charge is 0.168 e. The van der Waals surface area contributed by atoms with E-state index in [0.29, 0.717) is 18.1 Å². The van der Waals surface area contributed by atoms with Crippen LogP contribution >= 0.6 is 15.9 Å². The first kappa shape index (κ1) is 10.4. The summed E-state index contributed by atoms with van der Waals surface area (Å²) in [7, 11) is 0. The van der Waals surface area contributed by atoms with Gasteiger partial charge in [0.2, 0.25) is 0 Å². The van der Waals surface area contributed by atoms with Crippen LogP contribution in [0.15, 0.2) is 12.1 Å². The Morgan fingerprint density at radius 1 is 1.31 bits per heavy atom. The lowest BCUT2D eigenvalue weighted by atomic mass is 10.1. The summed E-state index contributed by atoms with van der Waals surface area (Å²) < 4.78 is 25.4. The molecule has 0 saturated heterocycles. The molecule has 0 amide bonds. The van der Waals surface area contributed by atoms with Gasteiger partial charge in [0.25, 0.3) is 0 Å². The SMILES string of the molecule is Oc1c(F)cc(F)cc1CCCBr. The second kappa shape index (κ2) is 4.56. The lowest BCUT2D eigenvalue weighted by molar-refractivity contribution is 0.420. The first-order valence-electron chi connectivity index (χ1n) is 3.88. The van der Waals surface area contributed by atoms with Crippen molar-refractivity contribution in [3.63, 3.8) is 0 Å². The molecule has 0 aliphatic carbocycles. The summed E-state index contributed by atoms with van der Waals surface area (Å²) in [6.07, 6.45) is 1.20. The highest BCUT2D eigenvalue weighted by atomic mass is 79.9. The van der Waals surface area contributed by atoms with Gasteiger partial charge in [0.1, 0.15) is 5.82 Å². The second-order valence-electron chi connectivity index (χ2n) is 2.69. The number of halogens is 3. The minimum Gasteiger partial charge on any atom is -0.505 e. The third kappa shape index (κ3) is 2.66. The van der Waals surface area contributed by atoms with E-state index in [-0.39, 0.29) is 0 Å². The Balaban J connectivity index is 2.92. The molecule has 0 fully saturated rings. The van der Waals surface area contributed by atoms with Crippen molar-refractivity contribution in [2.45, 2.75) is 12.8 Å². The first-order valence-corrected chi connectivity index (χ1v) is 5.00. The van der Waals surface area contributed by atoms with E-state index in [1.54, 1.807) is 0 Å². The fourth-order valence-electron chi connectivity index (χ4n) is 1.07. The van der Waals surface area contributed by atoms with Crippen molar-refractivity contribution in [2.24, 2.45) is 0 Å². The van der Waals surface area contributed by atoms with Crippen molar-refractivity contribution in [1.29, 1.82) is 0 Å². The zero-order chi connectivity index (χ0) is 9.84. The molecule has 1 N–H and O–H groups in total. The van der Waals surface area contributed by atoms with E-state index in [2.05, 4.69) is 15.9 Å². The summed E-state index contributed by atoms with van der Waals surface area (Å²) >= 11 is 3.20. The Labute approximate surface area is 83.5 Å². The molecule has 0 aromatic heterocycles. The molecule has 0 atom stereocenters. The number of alkyl halides is 1. The zero-order valence-corrected chi connectivity index (χ0v) is 8.44. The third-order valence-corrected chi connectivity index (χ3v) is 2.25. The molecular formula is C9H9BrF2O. The number of aromatic hydroxyl groups is 1. The van der Waals surface area contributed by atoms with Gasteiger partial charge in [0.15, 0.2) is 11.6 Å². The molecule has 0 saturated carbocycles. The Hall–Kier alpha value is -0.640. The molecule has 0 aliphatic heterocycles. The molecule has 1 aromatic rings. The molecule has 0 unspecified atom stereocenters. The molecule has 1 rings (SSSR count). The van der Waals surface area contributed by atoms with Gasteiger partial charge in [-0.3, -0.25) is 0 Å². The Kier molecular flexibility index (Phi) is 3.66. The lowest BCUT2D eigenvalue weighted by Crippen LogP contribution is -1.91. The maximum atomic E-state index is 12.8. The van der Waals surface area contributed by atoms with E-state index in [1.807, 2.05) is 0 Å². The molecule has 0 spiro atoms. The zero-order valence-electron chi connectivity index (χ0n) is 6.86. The van der Waals surface area contributed by atoms with E-state index >= 15 is 0 Å². The van der Waals surface area contributed by atoms with E-state index in [1.165, 1.54) is 0 Å². The minimum atomic E-state index is -0.899. The first-order chi connectivity index (χ1) is 6.15. The number of aryl methyl sites for hydroxylation is 1. The van der Waals surface area contributed by atoms with Crippen molar-refractivity contribution < 1.29 is 13.9 Å². The van der Waals surface area contributed by atoms with Crippen LogP contribution in [0.3, 0.4) is 0 Å². The van der Waals surface area contributed by atoms with Crippen molar-refractivity contribution in [1.82, 2.24) is 0 Å². The Bertz CT molecular complexity index is 302. The summed E-state index contributed by atoms with van der Waals surface area (Å²) in [6, 6.07) is 1.83. The number of hydrogen-bond acceptors (Lipinski definition) is 1. The van der Waals surface area contributed by atoms with Crippen molar-refractivity contribution in [2.75, 3.05) is 5.33 Å². The van der Waals surface area contributed by atoms with Gasteiger partial charge in [-0.2, -0.15) is 0 Å². The van der Waals surface area contributed by atoms with Crippen LogP contribution in [0.2, 0.25) is 0 Å². The van der Waals surface area contributed by atoms with Crippen LogP contribution in [-0.4, -0.2) is 10.4 Å². The van der Waals surface area contributed by atoms with Crippen LogP contribution in [0.25, 0.3) is 0 Å². The van der Waals surface area contributed by atoms with E-state index in [9.17, 15) is 13.9 Å². The van der Waals surface area contributed by atoms with Crippen molar-refractivity contribution in [3.8, 4) is 5.75 Å². The molecule has 0 radical (unpaired) electrons. The standard InChI is InChI=1S/C9H9BrF2O/c10-3-1-2-6-4-7(11)5-8(12)9(6)13/h4-5,13H,1-3H2. The Morgan fingerprint density at radius 3 is 2.62 bits per heavy atom. The van der Waals surface area contributed by atoms with Crippen LogP contribution in [0.1, 0.15) is 12.0 Å². The van der Waals surface area contributed by atoms with Crippen LogP contribution in [0.5, 0.6) is 5.75 Å². The topological polar surface area (TPSA) is 20.2 Å². The van der Waals surface area contributed by atoms with Gasteiger partial charge in [-0.05, 0) is 24.5 Å². The number of phenolic OH excluding ortho intramolecular Hbond substituents is 1. The maximum Gasteiger partial charge on any atom is 0.168 e. The fraction of sp³-hybridized carbons (Fsp3) is 0.333. The van der Waals surface area contributed by atoms with Gasteiger partial charge in [-0.15, -0.1) is 0 Å². The van der Waals surface area contributed by atoms with Gasteiger partial charge < -0.3 is 5.11 Å².